The fourth-order valence-electron chi connectivity index (χ4n) is 2.50. The van der Waals surface area contributed by atoms with Crippen molar-refractivity contribution in [1.82, 2.24) is 4.98 Å². The third kappa shape index (κ3) is 2.55. The average molecular weight is 254 g/mol. The average Bonchev–Trinajstić information content (AvgIpc) is 2.43. The van der Waals surface area contributed by atoms with Crippen LogP contribution in [0.3, 0.4) is 0 Å². The smallest absolute Gasteiger partial charge is 0.219 e. The van der Waals surface area contributed by atoms with Crippen LogP contribution in [0, 0.1) is 6.92 Å². The number of hydrogen-bond acceptors (Lipinski definition) is 3. The molecule has 1 heterocycles. The molecular weight excluding hydrogens is 236 g/mol. The molecule has 3 rings (SSSR count). The maximum atomic E-state index is 5.81. The van der Waals surface area contributed by atoms with E-state index in [-0.39, 0.29) is 0 Å². The Labute approximate surface area is 113 Å². The molecule has 0 atom stereocenters. The first kappa shape index (κ1) is 12.0. The molecule has 0 fully saturated rings. The molecule has 0 unspecified atom stereocenters. The fraction of sp³-hybridized carbons (Fsp3) is 0.312. The number of rotatable bonds is 2. The molecule has 0 spiro atoms. The molecule has 0 saturated heterocycles. The molecule has 0 bridgehead atoms. The van der Waals surface area contributed by atoms with Crippen molar-refractivity contribution in [1.29, 1.82) is 0 Å². The standard InChI is InChI=1S/C16H18N2O/c1-11-15(17)8-9-16(18-11)19-14-7-6-12-4-2-3-5-13(12)10-14/h6-10H,2-5,17H2,1H3. The van der Waals surface area contributed by atoms with Crippen molar-refractivity contribution in [2.45, 2.75) is 32.6 Å². The Balaban J connectivity index is 1.84. The zero-order chi connectivity index (χ0) is 13.2. The van der Waals surface area contributed by atoms with E-state index in [1.54, 1.807) is 0 Å². The number of pyridine rings is 1. The SMILES string of the molecule is Cc1nc(Oc2ccc3c(c2)CCCC3)ccc1N. The number of nitrogens with two attached hydrogens (primary N) is 1. The Morgan fingerprint density at radius 2 is 1.84 bits per heavy atom. The summed E-state index contributed by atoms with van der Waals surface area (Å²) in [5.41, 5.74) is 10.1. The van der Waals surface area contributed by atoms with Crippen LogP contribution >= 0.6 is 0 Å². The topological polar surface area (TPSA) is 48.1 Å². The van der Waals surface area contributed by atoms with Crippen LogP contribution in [-0.2, 0) is 12.8 Å². The Hall–Kier alpha value is -2.03. The number of benzene rings is 1. The highest BCUT2D eigenvalue weighted by Gasteiger charge is 2.10. The van der Waals surface area contributed by atoms with E-state index in [1.165, 1.54) is 30.4 Å². The second kappa shape index (κ2) is 4.92. The van der Waals surface area contributed by atoms with Gasteiger partial charge in [-0.1, -0.05) is 6.07 Å². The van der Waals surface area contributed by atoms with Gasteiger partial charge in [-0.2, -0.15) is 0 Å². The molecular formula is C16H18N2O. The van der Waals surface area contributed by atoms with E-state index in [1.807, 2.05) is 25.1 Å². The maximum Gasteiger partial charge on any atom is 0.219 e. The molecule has 3 nitrogen and oxygen atoms in total. The summed E-state index contributed by atoms with van der Waals surface area (Å²) in [6.07, 6.45) is 4.91. The van der Waals surface area contributed by atoms with Gasteiger partial charge in [0.15, 0.2) is 0 Å². The Morgan fingerprint density at radius 3 is 2.63 bits per heavy atom. The quantitative estimate of drug-likeness (QED) is 0.890. The van der Waals surface area contributed by atoms with Crippen molar-refractivity contribution in [3.05, 3.63) is 47.2 Å². The number of nitrogen functional groups attached to an aromatic ring is 1. The molecule has 19 heavy (non-hydrogen) atoms. The van der Waals surface area contributed by atoms with Crippen molar-refractivity contribution in [2.24, 2.45) is 0 Å². The van der Waals surface area contributed by atoms with Gasteiger partial charge in [-0.15, -0.1) is 0 Å². The van der Waals surface area contributed by atoms with Gasteiger partial charge in [-0.25, -0.2) is 4.98 Å². The molecule has 2 N–H and O–H groups in total. The minimum Gasteiger partial charge on any atom is -0.439 e. The summed E-state index contributed by atoms with van der Waals surface area (Å²) < 4.78 is 5.81. The molecule has 98 valence electrons. The highest BCUT2D eigenvalue weighted by atomic mass is 16.5. The van der Waals surface area contributed by atoms with Crippen molar-refractivity contribution < 1.29 is 4.74 Å². The Morgan fingerprint density at radius 1 is 1.05 bits per heavy atom. The number of ether oxygens (including phenoxy) is 1. The molecule has 1 aliphatic carbocycles. The summed E-state index contributed by atoms with van der Waals surface area (Å²) in [5.74, 6) is 1.46. The fourth-order valence-corrected chi connectivity index (χ4v) is 2.50. The molecule has 0 radical (unpaired) electrons. The van der Waals surface area contributed by atoms with Gasteiger partial charge in [0.2, 0.25) is 5.88 Å². The van der Waals surface area contributed by atoms with Crippen LogP contribution in [0.15, 0.2) is 30.3 Å². The normalized spacial score (nSPS) is 13.9. The van der Waals surface area contributed by atoms with E-state index in [0.717, 1.165) is 17.9 Å². The molecule has 1 aliphatic rings. The van der Waals surface area contributed by atoms with E-state index >= 15 is 0 Å². The molecule has 0 saturated carbocycles. The first-order valence-electron chi connectivity index (χ1n) is 6.75. The van der Waals surface area contributed by atoms with Gasteiger partial charge in [0.25, 0.3) is 0 Å². The maximum absolute atomic E-state index is 5.81. The summed E-state index contributed by atoms with van der Waals surface area (Å²) >= 11 is 0. The second-order valence-corrected chi connectivity index (χ2v) is 5.06. The van der Waals surface area contributed by atoms with Crippen molar-refractivity contribution >= 4 is 5.69 Å². The number of nitrogens with zero attached hydrogens (tertiary/aromatic N) is 1. The van der Waals surface area contributed by atoms with Gasteiger partial charge in [0, 0.05) is 6.07 Å². The van der Waals surface area contributed by atoms with Crippen LogP contribution in [0.5, 0.6) is 11.6 Å². The third-order valence-electron chi connectivity index (χ3n) is 3.64. The number of anilines is 1. The second-order valence-electron chi connectivity index (χ2n) is 5.06. The first-order valence-corrected chi connectivity index (χ1v) is 6.75. The number of fused-ring (bicyclic) bond motifs is 1. The largest absolute Gasteiger partial charge is 0.439 e. The first-order chi connectivity index (χ1) is 9.22. The molecule has 0 aliphatic heterocycles. The number of aromatic nitrogens is 1. The monoisotopic (exact) mass is 254 g/mol. The van der Waals surface area contributed by atoms with E-state index in [4.69, 9.17) is 10.5 Å². The minimum absolute atomic E-state index is 0.599. The van der Waals surface area contributed by atoms with Crippen LogP contribution in [0.25, 0.3) is 0 Å². The number of aryl methyl sites for hydroxylation is 3. The zero-order valence-electron chi connectivity index (χ0n) is 11.1. The Bertz CT molecular complexity index is 608. The van der Waals surface area contributed by atoms with Crippen molar-refractivity contribution in [3.8, 4) is 11.6 Å². The van der Waals surface area contributed by atoms with Crippen LogP contribution in [0.2, 0.25) is 0 Å². The van der Waals surface area contributed by atoms with E-state index < -0.39 is 0 Å². The van der Waals surface area contributed by atoms with Gasteiger partial charge in [0.05, 0.1) is 11.4 Å². The lowest BCUT2D eigenvalue weighted by Crippen LogP contribution is -2.02. The van der Waals surface area contributed by atoms with Crippen LogP contribution in [-0.4, -0.2) is 4.98 Å². The highest BCUT2D eigenvalue weighted by molar-refractivity contribution is 5.45. The minimum atomic E-state index is 0.599. The summed E-state index contributed by atoms with van der Waals surface area (Å²) in [5, 5.41) is 0. The lowest BCUT2D eigenvalue weighted by atomic mass is 9.92. The van der Waals surface area contributed by atoms with E-state index in [0.29, 0.717) is 11.6 Å². The predicted octanol–water partition coefficient (Wildman–Crippen LogP) is 3.64. The molecule has 0 amide bonds. The summed E-state index contributed by atoms with van der Waals surface area (Å²) in [4.78, 5) is 4.33. The van der Waals surface area contributed by atoms with Gasteiger partial charge in [-0.05, 0) is 61.9 Å². The van der Waals surface area contributed by atoms with Crippen molar-refractivity contribution in [2.75, 3.05) is 5.73 Å². The summed E-state index contributed by atoms with van der Waals surface area (Å²) in [7, 11) is 0. The van der Waals surface area contributed by atoms with Gasteiger partial charge >= 0.3 is 0 Å². The van der Waals surface area contributed by atoms with E-state index in [9.17, 15) is 0 Å². The van der Waals surface area contributed by atoms with Gasteiger partial charge in [0.1, 0.15) is 5.75 Å². The zero-order valence-corrected chi connectivity index (χ0v) is 11.1. The van der Waals surface area contributed by atoms with E-state index in [2.05, 4.69) is 17.1 Å². The van der Waals surface area contributed by atoms with Gasteiger partial charge < -0.3 is 10.5 Å². The third-order valence-corrected chi connectivity index (χ3v) is 3.64. The summed E-state index contributed by atoms with van der Waals surface area (Å²) in [6, 6.07) is 9.98. The van der Waals surface area contributed by atoms with Gasteiger partial charge in [-0.3, -0.25) is 0 Å². The lowest BCUT2D eigenvalue weighted by Gasteiger charge is -2.16. The molecule has 1 aromatic heterocycles. The Kier molecular flexibility index (Phi) is 3.11. The predicted molar refractivity (Wildman–Crippen MR) is 76.5 cm³/mol. The van der Waals surface area contributed by atoms with Crippen LogP contribution in [0.1, 0.15) is 29.7 Å². The molecule has 1 aromatic carbocycles. The van der Waals surface area contributed by atoms with Crippen LogP contribution < -0.4 is 10.5 Å². The van der Waals surface area contributed by atoms with Crippen LogP contribution in [0.4, 0.5) is 5.69 Å². The number of hydrogen-bond donors (Lipinski definition) is 1. The summed E-state index contributed by atoms with van der Waals surface area (Å²) in [6.45, 7) is 1.88. The van der Waals surface area contributed by atoms with Crippen molar-refractivity contribution in [3.63, 3.8) is 0 Å². The lowest BCUT2D eigenvalue weighted by molar-refractivity contribution is 0.460. The highest BCUT2D eigenvalue weighted by Crippen LogP contribution is 2.28. The molecule has 2 aromatic rings. The molecule has 3 heteroatoms.